The molecule has 15 nitrogen and oxygen atoms in total. The maximum atomic E-state index is 15.1. The fourth-order valence-corrected chi connectivity index (χ4v) is 8.12. The molecule has 1 aliphatic carbocycles. The van der Waals surface area contributed by atoms with Gasteiger partial charge in [0, 0.05) is 62.8 Å². The number of nitro benzene ring substituents is 1. The van der Waals surface area contributed by atoms with Gasteiger partial charge >= 0.3 is 6.18 Å². The fourth-order valence-electron chi connectivity index (χ4n) is 8.12. The normalized spacial score (nSPS) is 17.4. The van der Waals surface area contributed by atoms with E-state index in [-0.39, 0.29) is 67.7 Å². The van der Waals surface area contributed by atoms with Crippen molar-refractivity contribution in [2.24, 2.45) is 11.0 Å². The number of nitrogens with zero attached hydrogens (tertiary/aromatic N) is 6. The molecule has 3 heterocycles. The second-order valence-electron chi connectivity index (χ2n) is 16.8. The summed E-state index contributed by atoms with van der Waals surface area (Å²) in [6.07, 6.45) is -3.19. The minimum absolute atomic E-state index is 0.0115. The van der Waals surface area contributed by atoms with Crippen molar-refractivity contribution in [1.29, 1.82) is 0 Å². The molecule has 2 amide bonds. The number of fused-ring (bicyclic) bond motifs is 1. The second-order valence-corrected chi connectivity index (χ2v) is 16.8. The van der Waals surface area contributed by atoms with Crippen LogP contribution in [-0.2, 0) is 39.9 Å². The molecular weight excluding hydrogens is 867 g/mol. The van der Waals surface area contributed by atoms with Gasteiger partial charge in [0.15, 0.2) is 5.78 Å². The number of piperazine rings is 1. The number of hydrogen-bond donors (Lipinski definition) is 1. The number of carbonyl (C=O) groups excluding carboxylic acids is 3. The summed E-state index contributed by atoms with van der Waals surface area (Å²) < 4.78 is 68.5. The number of amides is 2. The van der Waals surface area contributed by atoms with Crippen LogP contribution in [-0.4, -0.2) is 99.4 Å². The monoisotopic (exact) mass is 911 g/mol. The molecule has 19 heteroatoms. The van der Waals surface area contributed by atoms with Crippen molar-refractivity contribution < 1.29 is 46.3 Å². The van der Waals surface area contributed by atoms with E-state index >= 15 is 4.39 Å². The number of rotatable bonds is 16. The van der Waals surface area contributed by atoms with E-state index in [1.165, 1.54) is 16.8 Å². The van der Waals surface area contributed by atoms with Crippen LogP contribution in [0.4, 0.5) is 23.2 Å². The molecule has 1 N–H and O–H groups in total. The van der Waals surface area contributed by atoms with Crippen LogP contribution < -0.4 is 15.7 Å². The van der Waals surface area contributed by atoms with Gasteiger partial charge in [0.25, 0.3) is 17.2 Å². The number of hydrogen-bond acceptors (Lipinski definition) is 11. The van der Waals surface area contributed by atoms with Crippen molar-refractivity contribution in [2.75, 3.05) is 46.0 Å². The molecular formula is C47H45F4N7O8. The van der Waals surface area contributed by atoms with Gasteiger partial charge in [-0.15, -0.1) is 0 Å². The Bertz CT molecular complexity index is 2790. The summed E-state index contributed by atoms with van der Waals surface area (Å²) in [5.74, 6) is -0.781. The Hall–Kier alpha value is -7.02. The highest BCUT2D eigenvalue weighted by atomic mass is 19.4. The molecule has 3 aliphatic rings. The summed E-state index contributed by atoms with van der Waals surface area (Å²) in [6.45, 7) is 3.70. The molecule has 0 radical (unpaired) electrons. The molecule has 5 aromatic rings. The van der Waals surface area contributed by atoms with Crippen LogP contribution in [0.5, 0.6) is 5.75 Å². The Labute approximate surface area is 375 Å². The van der Waals surface area contributed by atoms with E-state index in [1.807, 2.05) is 0 Å². The number of aromatic nitrogens is 2. The summed E-state index contributed by atoms with van der Waals surface area (Å²) >= 11 is 0. The lowest BCUT2D eigenvalue weighted by Crippen LogP contribution is -2.51. The van der Waals surface area contributed by atoms with Gasteiger partial charge in [-0.25, -0.2) is 9.07 Å². The number of nitro groups is 1. The highest BCUT2D eigenvalue weighted by Gasteiger charge is 2.41. The molecule has 66 heavy (non-hydrogen) atoms. The molecule has 8 rings (SSSR count). The first-order valence-electron chi connectivity index (χ1n) is 21.5. The molecule has 1 saturated carbocycles. The third-order valence-corrected chi connectivity index (χ3v) is 12.0. The van der Waals surface area contributed by atoms with Crippen LogP contribution >= 0.6 is 0 Å². The summed E-state index contributed by atoms with van der Waals surface area (Å²) in [5, 5.41) is 21.2. The zero-order valence-corrected chi connectivity index (χ0v) is 35.8. The number of alkyl halides is 3. The smallest absolute Gasteiger partial charge is 0.423 e. The predicted molar refractivity (Wildman–Crippen MR) is 233 cm³/mol. The van der Waals surface area contributed by atoms with Gasteiger partial charge < -0.3 is 19.3 Å². The highest BCUT2D eigenvalue weighted by Crippen LogP contribution is 2.37. The highest BCUT2D eigenvalue weighted by molar-refractivity contribution is 6.07. The second kappa shape index (κ2) is 18.8. The Kier molecular flexibility index (Phi) is 13.0. The summed E-state index contributed by atoms with van der Waals surface area (Å²) in [4.78, 5) is 66.0. The number of Topliss-reactive ketones (excluding diaryl/α,β-unsaturated/α-hetero) is 1. The average molecular weight is 912 g/mol. The SMILES string of the molecule is CC1(C(=O)Cc2ccc([N+](=O)[O-])c(C(F)(F)F)c2)CC(c2ccc(OCCOCCn3nc(Cc4ccc(F)c(C(=O)N5CCN(C(=O)C6CC6)CC5)c4)c4ccccc4c3=O)cc2)=NN1. The number of ketones is 1. The van der Waals surface area contributed by atoms with E-state index in [2.05, 4.69) is 15.6 Å². The van der Waals surface area contributed by atoms with Gasteiger partial charge in [-0.2, -0.15) is 23.4 Å². The third kappa shape index (κ3) is 10.1. The molecule has 0 spiro atoms. The number of carbonyl (C=O) groups is 3. The van der Waals surface area contributed by atoms with Gasteiger partial charge in [-0.1, -0.05) is 30.3 Å². The van der Waals surface area contributed by atoms with E-state index in [1.54, 1.807) is 71.3 Å². The molecule has 2 aliphatic heterocycles. The van der Waals surface area contributed by atoms with E-state index < -0.39 is 51.8 Å². The molecule has 0 bridgehead atoms. The predicted octanol–water partition coefficient (Wildman–Crippen LogP) is 6.11. The maximum Gasteiger partial charge on any atom is 0.423 e. The zero-order valence-electron chi connectivity index (χ0n) is 35.8. The summed E-state index contributed by atoms with van der Waals surface area (Å²) in [6, 6.07) is 20.9. The van der Waals surface area contributed by atoms with E-state index in [9.17, 15) is 42.5 Å². The first-order chi connectivity index (χ1) is 31.6. The van der Waals surface area contributed by atoms with Crippen molar-refractivity contribution in [3.8, 4) is 5.75 Å². The van der Waals surface area contributed by atoms with Crippen LogP contribution in [0.25, 0.3) is 10.8 Å². The van der Waals surface area contributed by atoms with Crippen molar-refractivity contribution in [1.82, 2.24) is 25.0 Å². The molecule has 1 atom stereocenters. The fraction of sp³-hybridized carbons (Fsp3) is 0.362. The summed E-state index contributed by atoms with van der Waals surface area (Å²) in [5.41, 5.74) is 1.13. The van der Waals surface area contributed by atoms with Crippen LogP contribution in [0.1, 0.15) is 64.5 Å². The third-order valence-electron chi connectivity index (χ3n) is 12.0. The van der Waals surface area contributed by atoms with Crippen molar-refractivity contribution >= 4 is 39.8 Å². The lowest BCUT2D eigenvalue weighted by molar-refractivity contribution is -0.388. The lowest BCUT2D eigenvalue weighted by atomic mass is 9.86. The largest absolute Gasteiger partial charge is 0.491 e. The average Bonchev–Trinajstić information content (AvgIpc) is 4.09. The quantitative estimate of drug-likeness (QED) is 0.0526. The van der Waals surface area contributed by atoms with E-state index in [4.69, 9.17) is 9.47 Å². The van der Waals surface area contributed by atoms with Crippen molar-refractivity contribution in [3.63, 3.8) is 0 Å². The first-order valence-corrected chi connectivity index (χ1v) is 21.5. The van der Waals surface area contributed by atoms with Gasteiger partial charge in [0.2, 0.25) is 5.91 Å². The van der Waals surface area contributed by atoms with E-state index in [0.29, 0.717) is 71.3 Å². The van der Waals surface area contributed by atoms with Gasteiger partial charge in [-0.05, 0) is 85.0 Å². The number of ether oxygens (including phenoxy) is 2. The Morgan fingerprint density at radius 3 is 2.29 bits per heavy atom. The number of hydrazone groups is 1. The van der Waals surface area contributed by atoms with Gasteiger partial charge in [-0.3, -0.25) is 34.7 Å². The number of halogens is 4. The van der Waals surface area contributed by atoms with Gasteiger partial charge in [0.1, 0.15) is 29.3 Å². The first kappa shape index (κ1) is 45.5. The van der Waals surface area contributed by atoms with Crippen molar-refractivity contribution in [2.45, 2.75) is 57.3 Å². The molecule has 1 unspecified atom stereocenters. The van der Waals surface area contributed by atoms with Crippen LogP contribution in [0, 0.1) is 21.8 Å². The maximum absolute atomic E-state index is 15.1. The topological polar surface area (TPSA) is 179 Å². The summed E-state index contributed by atoms with van der Waals surface area (Å²) in [7, 11) is 0. The van der Waals surface area contributed by atoms with Crippen LogP contribution in [0.2, 0.25) is 0 Å². The number of benzene rings is 4. The van der Waals surface area contributed by atoms with Crippen molar-refractivity contribution in [3.05, 3.63) is 145 Å². The Morgan fingerprint density at radius 1 is 0.894 bits per heavy atom. The van der Waals surface area contributed by atoms with Crippen LogP contribution in [0.3, 0.4) is 0 Å². The molecule has 344 valence electrons. The van der Waals surface area contributed by atoms with Gasteiger partial charge in [0.05, 0.1) is 47.0 Å². The molecule has 2 fully saturated rings. The molecule has 4 aromatic carbocycles. The Balaban J connectivity index is 0.820. The minimum atomic E-state index is -4.97. The zero-order chi connectivity index (χ0) is 46.8. The van der Waals surface area contributed by atoms with E-state index in [0.717, 1.165) is 25.0 Å². The molecule has 1 saturated heterocycles. The minimum Gasteiger partial charge on any atom is -0.491 e. The standard InChI is InChI=1S/C47H45F4N7O8/c1-46(42(59)27-30-7-15-41(58(63)64)37(25-30)47(49,50)51)28-40(52-54-46)31-10-12-33(13-11-31)66-23-22-65-21-20-57-45(62)35-5-3-2-4-34(35)39(53-57)26-29-6-14-38(48)36(24-29)44(61)56-18-16-55(17-19-56)43(60)32-8-9-32/h2-7,10-15,24-25,32,54H,8-9,16-23,26-28H2,1H3. The number of nitrogens with one attached hydrogen (secondary N) is 1. The Morgan fingerprint density at radius 2 is 1.59 bits per heavy atom. The molecule has 1 aromatic heterocycles. The lowest BCUT2D eigenvalue weighted by Gasteiger charge is -2.35. The van der Waals surface area contributed by atoms with Crippen LogP contribution in [0.15, 0.2) is 94.8 Å².